The van der Waals surface area contributed by atoms with Crippen molar-refractivity contribution in [1.82, 2.24) is 9.97 Å². The van der Waals surface area contributed by atoms with E-state index < -0.39 is 0 Å². The van der Waals surface area contributed by atoms with Gasteiger partial charge in [0, 0.05) is 24.2 Å². The number of hydrogen-bond acceptors (Lipinski definition) is 6. The number of hydrogen-bond donors (Lipinski definition) is 0. The fraction of sp³-hybridized carbons (Fsp3) is 0.308. The quantitative estimate of drug-likeness (QED) is 0.390. The molecule has 1 aliphatic rings. The first-order chi connectivity index (χ1) is 15.8. The Hall–Kier alpha value is -3.54. The molecule has 0 aliphatic carbocycles. The van der Waals surface area contributed by atoms with Gasteiger partial charge in [0.05, 0.1) is 19.6 Å². The van der Waals surface area contributed by atoms with Crippen molar-refractivity contribution in [3.63, 3.8) is 0 Å². The maximum atomic E-state index is 6.40. The van der Waals surface area contributed by atoms with Crippen LogP contribution in [0.15, 0.2) is 59.3 Å². The average molecular weight is 430 g/mol. The molecule has 6 nitrogen and oxygen atoms in total. The van der Waals surface area contributed by atoms with Crippen molar-refractivity contribution in [2.24, 2.45) is 0 Å². The van der Waals surface area contributed by atoms with Crippen molar-refractivity contribution >= 4 is 16.9 Å². The highest BCUT2D eigenvalue weighted by atomic mass is 16.5. The van der Waals surface area contributed by atoms with E-state index in [9.17, 15) is 0 Å². The van der Waals surface area contributed by atoms with Crippen molar-refractivity contribution in [3.8, 4) is 33.9 Å². The molecule has 0 atom stereocenters. The first-order valence-electron chi connectivity index (χ1n) is 11.1. The predicted octanol–water partition coefficient (Wildman–Crippen LogP) is 5.95. The SMILES string of the molecule is COc1ccc(-c2oc3ncnc(N4CCCCCC4)c3c2-c2ccccc2)cc1OC. The summed E-state index contributed by atoms with van der Waals surface area (Å²) >= 11 is 0. The molecular weight excluding hydrogens is 402 g/mol. The van der Waals surface area contributed by atoms with Crippen LogP contribution in [0.25, 0.3) is 33.6 Å². The monoisotopic (exact) mass is 429 g/mol. The highest BCUT2D eigenvalue weighted by Gasteiger charge is 2.25. The molecule has 32 heavy (non-hydrogen) atoms. The molecule has 0 N–H and O–H groups in total. The van der Waals surface area contributed by atoms with Crippen LogP contribution in [0.2, 0.25) is 0 Å². The van der Waals surface area contributed by atoms with Crippen molar-refractivity contribution in [2.75, 3.05) is 32.2 Å². The summed E-state index contributed by atoms with van der Waals surface area (Å²) in [6.45, 7) is 1.99. The van der Waals surface area contributed by atoms with Crippen LogP contribution in [0.1, 0.15) is 25.7 Å². The van der Waals surface area contributed by atoms with Crippen LogP contribution in [0.3, 0.4) is 0 Å². The zero-order chi connectivity index (χ0) is 21.9. The highest BCUT2D eigenvalue weighted by Crippen LogP contribution is 2.45. The molecule has 0 bridgehead atoms. The van der Waals surface area contributed by atoms with Gasteiger partial charge in [-0.25, -0.2) is 9.97 Å². The minimum Gasteiger partial charge on any atom is -0.493 e. The Morgan fingerprint density at radius 3 is 2.28 bits per heavy atom. The van der Waals surface area contributed by atoms with Crippen LogP contribution in [-0.2, 0) is 0 Å². The Kier molecular flexibility index (Phi) is 5.67. The van der Waals surface area contributed by atoms with Crippen molar-refractivity contribution in [2.45, 2.75) is 25.7 Å². The molecule has 4 aromatic rings. The zero-order valence-corrected chi connectivity index (χ0v) is 18.5. The van der Waals surface area contributed by atoms with Gasteiger partial charge in [-0.2, -0.15) is 0 Å². The number of fused-ring (bicyclic) bond motifs is 1. The molecule has 0 amide bonds. The lowest BCUT2D eigenvalue weighted by Crippen LogP contribution is -2.25. The number of anilines is 1. The summed E-state index contributed by atoms with van der Waals surface area (Å²) < 4.78 is 17.4. The summed E-state index contributed by atoms with van der Waals surface area (Å²) in [6.07, 6.45) is 6.48. The summed E-state index contributed by atoms with van der Waals surface area (Å²) in [7, 11) is 3.28. The molecule has 0 saturated carbocycles. The van der Waals surface area contributed by atoms with Crippen molar-refractivity contribution in [1.29, 1.82) is 0 Å². The molecule has 0 unspecified atom stereocenters. The molecule has 5 rings (SSSR count). The van der Waals surface area contributed by atoms with Gasteiger partial charge in [-0.15, -0.1) is 0 Å². The van der Waals surface area contributed by atoms with E-state index in [-0.39, 0.29) is 0 Å². The minimum absolute atomic E-state index is 0.600. The van der Waals surface area contributed by atoms with Crippen LogP contribution < -0.4 is 14.4 Å². The van der Waals surface area contributed by atoms with E-state index >= 15 is 0 Å². The van der Waals surface area contributed by atoms with Crippen LogP contribution in [0.5, 0.6) is 11.5 Å². The number of ether oxygens (including phenoxy) is 2. The van der Waals surface area contributed by atoms with Crippen LogP contribution in [-0.4, -0.2) is 37.3 Å². The van der Waals surface area contributed by atoms with Crippen LogP contribution >= 0.6 is 0 Å². The van der Waals surface area contributed by atoms with Crippen LogP contribution in [0, 0.1) is 0 Å². The van der Waals surface area contributed by atoms with E-state index in [2.05, 4.69) is 22.0 Å². The molecule has 0 radical (unpaired) electrons. The Labute approximate surface area is 187 Å². The number of furan rings is 1. The second kappa shape index (κ2) is 8.91. The summed E-state index contributed by atoms with van der Waals surface area (Å²) in [5.41, 5.74) is 3.58. The third-order valence-electron chi connectivity index (χ3n) is 6.08. The number of nitrogens with zero attached hydrogens (tertiary/aromatic N) is 3. The van der Waals surface area contributed by atoms with E-state index in [4.69, 9.17) is 18.9 Å². The Balaban J connectivity index is 1.76. The van der Waals surface area contributed by atoms with Gasteiger partial charge in [-0.1, -0.05) is 43.2 Å². The summed E-state index contributed by atoms with van der Waals surface area (Å²) in [6, 6.07) is 16.2. The normalized spacial score (nSPS) is 14.4. The fourth-order valence-corrected chi connectivity index (χ4v) is 4.50. The lowest BCUT2D eigenvalue weighted by molar-refractivity contribution is 0.355. The second-order valence-corrected chi connectivity index (χ2v) is 8.02. The van der Waals surface area contributed by atoms with Gasteiger partial charge in [0.2, 0.25) is 5.71 Å². The van der Waals surface area contributed by atoms with E-state index in [0.717, 1.165) is 46.7 Å². The maximum absolute atomic E-state index is 6.40. The molecule has 3 heterocycles. The topological polar surface area (TPSA) is 60.6 Å². The van der Waals surface area contributed by atoms with E-state index in [1.807, 2.05) is 36.4 Å². The molecule has 2 aromatic carbocycles. The molecule has 1 saturated heterocycles. The maximum Gasteiger partial charge on any atom is 0.232 e. The van der Waals surface area contributed by atoms with Gasteiger partial charge < -0.3 is 18.8 Å². The highest BCUT2D eigenvalue weighted by molar-refractivity contribution is 6.06. The Bertz CT molecular complexity index is 1210. The summed E-state index contributed by atoms with van der Waals surface area (Å²) in [5.74, 6) is 3.04. The fourth-order valence-electron chi connectivity index (χ4n) is 4.50. The largest absolute Gasteiger partial charge is 0.493 e. The number of methoxy groups -OCH3 is 2. The Morgan fingerprint density at radius 2 is 1.56 bits per heavy atom. The standard InChI is InChI=1S/C26H27N3O3/c1-30-20-13-12-19(16-21(20)31-2)24-22(18-10-6-5-7-11-18)23-25(27-17-28-26(23)32-24)29-14-8-3-4-9-15-29/h5-7,10-13,16-17H,3-4,8-9,14-15H2,1-2H3. The molecule has 1 aliphatic heterocycles. The lowest BCUT2D eigenvalue weighted by atomic mass is 9.99. The van der Waals surface area contributed by atoms with Crippen LogP contribution in [0.4, 0.5) is 5.82 Å². The molecule has 2 aromatic heterocycles. The third-order valence-corrected chi connectivity index (χ3v) is 6.08. The van der Waals surface area contributed by atoms with Gasteiger partial charge >= 0.3 is 0 Å². The van der Waals surface area contributed by atoms with Gasteiger partial charge in [0.15, 0.2) is 11.5 Å². The van der Waals surface area contributed by atoms with E-state index in [0.29, 0.717) is 17.2 Å². The zero-order valence-electron chi connectivity index (χ0n) is 18.5. The summed E-state index contributed by atoms with van der Waals surface area (Å²) in [4.78, 5) is 11.6. The molecule has 1 fully saturated rings. The van der Waals surface area contributed by atoms with Crippen molar-refractivity contribution in [3.05, 3.63) is 54.9 Å². The van der Waals surface area contributed by atoms with Gasteiger partial charge in [-0.05, 0) is 36.6 Å². The van der Waals surface area contributed by atoms with Gasteiger partial charge in [0.25, 0.3) is 0 Å². The first kappa shape index (κ1) is 20.4. The average Bonchev–Trinajstić information content (AvgIpc) is 3.03. The first-order valence-corrected chi connectivity index (χ1v) is 11.1. The number of rotatable bonds is 5. The Morgan fingerprint density at radius 1 is 0.812 bits per heavy atom. The minimum atomic E-state index is 0.600. The predicted molar refractivity (Wildman–Crippen MR) is 126 cm³/mol. The smallest absolute Gasteiger partial charge is 0.232 e. The van der Waals surface area contributed by atoms with E-state index in [1.54, 1.807) is 20.5 Å². The molecular formula is C26H27N3O3. The van der Waals surface area contributed by atoms with Gasteiger partial charge in [0.1, 0.15) is 17.9 Å². The third kappa shape index (κ3) is 3.66. The molecule has 0 spiro atoms. The van der Waals surface area contributed by atoms with Gasteiger partial charge in [-0.3, -0.25) is 0 Å². The molecule has 164 valence electrons. The van der Waals surface area contributed by atoms with Crippen molar-refractivity contribution < 1.29 is 13.9 Å². The summed E-state index contributed by atoms with van der Waals surface area (Å²) in [5, 5.41) is 0.963. The second-order valence-electron chi connectivity index (χ2n) is 8.02. The number of aromatic nitrogens is 2. The molecule has 6 heteroatoms. The van der Waals surface area contributed by atoms with E-state index in [1.165, 1.54) is 25.7 Å². The lowest BCUT2D eigenvalue weighted by Gasteiger charge is -2.22. The number of benzene rings is 2.